The van der Waals surface area contributed by atoms with Crippen molar-refractivity contribution in [2.24, 2.45) is 4.99 Å². The Kier molecular flexibility index (Phi) is 12.5. The lowest BCUT2D eigenvalue weighted by atomic mass is 10.0. The number of fused-ring (bicyclic) bond motifs is 1. The van der Waals surface area contributed by atoms with E-state index in [9.17, 15) is 14.0 Å². The van der Waals surface area contributed by atoms with Crippen LogP contribution in [0.4, 0.5) is 10.1 Å². The monoisotopic (exact) mass is 557 g/mol. The Labute approximate surface area is 233 Å². The average Bonchev–Trinajstić information content (AvgIpc) is 2.95. The second-order valence-corrected chi connectivity index (χ2v) is 10.3. The highest BCUT2D eigenvalue weighted by molar-refractivity contribution is 8.13. The number of likely N-dealkylation sites (tertiary alicyclic amines) is 1. The number of para-hydroxylation sites is 1. The number of ether oxygens (including phenoxy) is 1. The van der Waals surface area contributed by atoms with Gasteiger partial charge in [-0.1, -0.05) is 42.1 Å². The molecule has 2 aliphatic rings. The molecule has 0 radical (unpaired) electrons. The van der Waals surface area contributed by atoms with Crippen LogP contribution in [0.3, 0.4) is 0 Å². The van der Waals surface area contributed by atoms with Crippen molar-refractivity contribution in [1.29, 1.82) is 0 Å². The highest BCUT2D eigenvalue weighted by atomic mass is 32.2. The lowest BCUT2D eigenvalue weighted by Gasteiger charge is -2.38. The van der Waals surface area contributed by atoms with E-state index >= 15 is 0 Å². The number of hydrogen-bond donors (Lipinski definition) is 2. The van der Waals surface area contributed by atoms with Crippen LogP contribution in [0, 0.1) is 5.82 Å². The number of aliphatic imine (C=N–C) groups is 1. The number of thioether (sulfide) groups is 1. The van der Waals surface area contributed by atoms with Gasteiger partial charge in [0.15, 0.2) is 5.17 Å². The summed E-state index contributed by atoms with van der Waals surface area (Å²) in [4.78, 5) is 29.0. The molecular weight excluding hydrogens is 521 g/mol. The number of carboxylic acid groups (broad SMARTS) is 2. The van der Waals surface area contributed by atoms with Crippen molar-refractivity contribution in [1.82, 2.24) is 9.80 Å². The molecule has 0 aliphatic carbocycles. The van der Waals surface area contributed by atoms with Crippen molar-refractivity contribution in [2.75, 3.05) is 33.3 Å². The fraction of sp³-hybridized carbons (Fsp3) is 0.414. The van der Waals surface area contributed by atoms with E-state index in [1.807, 2.05) is 11.8 Å². The third kappa shape index (κ3) is 10.8. The van der Waals surface area contributed by atoms with Crippen LogP contribution in [0.25, 0.3) is 0 Å². The quantitative estimate of drug-likeness (QED) is 0.305. The number of aliphatic carboxylic acids is 2. The van der Waals surface area contributed by atoms with E-state index in [4.69, 9.17) is 19.9 Å². The maximum atomic E-state index is 12.9. The van der Waals surface area contributed by atoms with E-state index in [0.29, 0.717) is 24.8 Å². The molecule has 2 N–H and O–H groups in total. The van der Waals surface area contributed by atoms with E-state index in [1.54, 1.807) is 12.1 Å². The van der Waals surface area contributed by atoms with Crippen LogP contribution in [-0.4, -0.2) is 76.4 Å². The van der Waals surface area contributed by atoms with E-state index in [0.717, 1.165) is 61.3 Å². The SMILES string of the molecule is CN(C1=Nc2ccccc2CS1)C1CCN(CCCCOCc2ccc(F)cc2)CC1.O=C(O)/C=C/C(=O)O. The first kappa shape index (κ1) is 30.3. The fourth-order valence-corrected chi connectivity index (χ4v) is 5.38. The van der Waals surface area contributed by atoms with Crippen LogP contribution >= 0.6 is 11.8 Å². The molecule has 1 fully saturated rings. The van der Waals surface area contributed by atoms with Gasteiger partial charge in [-0.2, -0.15) is 0 Å². The Hall–Kier alpha value is -3.21. The van der Waals surface area contributed by atoms with E-state index in [1.165, 1.54) is 30.5 Å². The zero-order valence-electron chi connectivity index (χ0n) is 22.2. The number of piperidine rings is 1. The molecule has 0 unspecified atom stereocenters. The molecule has 210 valence electrons. The number of halogens is 1. The van der Waals surface area contributed by atoms with Gasteiger partial charge in [0.25, 0.3) is 0 Å². The third-order valence-corrected chi connectivity index (χ3v) is 7.63. The van der Waals surface area contributed by atoms with Crippen LogP contribution < -0.4 is 0 Å². The highest BCUT2D eigenvalue weighted by Crippen LogP contribution is 2.32. The first-order chi connectivity index (χ1) is 18.8. The highest BCUT2D eigenvalue weighted by Gasteiger charge is 2.26. The van der Waals surface area contributed by atoms with Crippen LogP contribution in [-0.2, 0) is 26.7 Å². The molecule has 0 spiro atoms. The summed E-state index contributed by atoms with van der Waals surface area (Å²) in [6.07, 6.45) is 5.72. The maximum Gasteiger partial charge on any atom is 0.328 e. The fourth-order valence-electron chi connectivity index (χ4n) is 4.34. The summed E-state index contributed by atoms with van der Waals surface area (Å²) in [5, 5.41) is 16.8. The largest absolute Gasteiger partial charge is 0.478 e. The summed E-state index contributed by atoms with van der Waals surface area (Å²) < 4.78 is 18.6. The predicted octanol–water partition coefficient (Wildman–Crippen LogP) is 5.17. The van der Waals surface area contributed by atoms with E-state index < -0.39 is 11.9 Å². The summed E-state index contributed by atoms with van der Waals surface area (Å²) in [5.41, 5.74) is 3.49. The second kappa shape index (κ2) is 16.0. The summed E-state index contributed by atoms with van der Waals surface area (Å²) in [7, 11) is 2.21. The minimum absolute atomic E-state index is 0.200. The van der Waals surface area contributed by atoms with Crippen molar-refractivity contribution in [3.8, 4) is 0 Å². The first-order valence-corrected chi connectivity index (χ1v) is 14.0. The first-order valence-electron chi connectivity index (χ1n) is 13.0. The molecule has 2 aliphatic heterocycles. The zero-order valence-corrected chi connectivity index (χ0v) is 23.0. The number of amidine groups is 1. The molecular formula is C29H36FN3O5S. The summed E-state index contributed by atoms with van der Waals surface area (Å²) >= 11 is 1.86. The van der Waals surface area contributed by atoms with Gasteiger partial charge in [0.1, 0.15) is 5.82 Å². The van der Waals surface area contributed by atoms with Gasteiger partial charge in [0, 0.05) is 50.7 Å². The van der Waals surface area contributed by atoms with Gasteiger partial charge >= 0.3 is 11.9 Å². The smallest absolute Gasteiger partial charge is 0.328 e. The molecule has 2 heterocycles. The molecule has 2 aromatic carbocycles. The van der Waals surface area contributed by atoms with Gasteiger partial charge in [-0.3, -0.25) is 0 Å². The predicted molar refractivity (Wildman–Crippen MR) is 152 cm³/mol. The molecule has 0 aromatic heterocycles. The molecule has 10 heteroatoms. The van der Waals surface area contributed by atoms with Gasteiger partial charge in [-0.15, -0.1) is 0 Å². The minimum atomic E-state index is -1.26. The molecule has 0 saturated carbocycles. The van der Waals surface area contributed by atoms with Gasteiger partial charge in [0.05, 0.1) is 12.3 Å². The normalized spacial score (nSPS) is 15.7. The number of benzene rings is 2. The lowest BCUT2D eigenvalue weighted by molar-refractivity contribution is -0.134. The number of unbranched alkanes of at least 4 members (excludes halogenated alkanes) is 1. The second-order valence-electron chi connectivity index (χ2n) is 9.39. The van der Waals surface area contributed by atoms with Gasteiger partial charge in [-0.05, 0) is 61.6 Å². The Morgan fingerprint density at radius 2 is 1.74 bits per heavy atom. The molecule has 8 nitrogen and oxygen atoms in total. The number of rotatable bonds is 10. The van der Waals surface area contributed by atoms with Gasteiger partial charge in [-0.25, -0.2) is 19.0 Å². The van der Waals surface area contributed by atoms with Crippen molar-refractivity contribution < 1.29 is 28.9 Å². The molecule has 0 amide bonds. The zero-order chi connectivity index (χ0) is 28.0. The van der Waals surface area contributed by atoms with Crippen molar-refractivity contribution in [3.63, 3.8) is 0 Å². The Morgan fingerprint density at radius 3 is 2.41 bits per heavy atom. The van der Waals surface area contributed by atoms with Gasteiger partial charge in [0.2, 0.25) is 0 Å². The third-order valence-electron chi connectivity index (χ3n) is 6.53. The number of hydrogen-bond acceptors (Lipinski definition) is 7. The van der Waals surface area contributed by atoms with Crippen LogP contribution in [0.15, 0.2) is 65.7 Å². The van der Waals surface area contributed by atoms with Crippen LogP contribution in [0.1, 0.15) is 36.8 Å². The molecule has 39 heavy (non-hydrogen) atoms. The average molecular weight is 558 g/mol. The lowest BCUT2D eigenvalue weighted by Crippen LogP contribution is -2.45. The molecule has 1 saturated heterocycles. The summed E-state index contributed by atoms with van der Waals surface area (Å²) in [6, 6.07) is 15.6. The summed E-state index contributed by atoms with van der Waals surface area (Å²) in [5.74, 6) is -1.70. The molecule has 2 aromatic rings. The Balaban J connectivity index is 0.000000459. The van der Waals surface area contributed by atoms with Crippen molar-refractivity contribution in [2.45, 2.75) is 44.1 Å². The maximum absolute atomic E-state index is 12.9. The Morgan fingerprint density at radius 1 is 1.08 bits per heavy atom. The number of nitrogens with zero attached hydrogens (tertiary/aromatic N) is 3. The van der Waals surface area contributed by atoms with Crippen molar-refractivity contribution >= 4 is 34.6 Å². The molecule has 4 rings (SSSR count). The van der Waals surface area contributed by atoms with Crippen molar-refractivity contribution in [3.05, 3.63) is 77.6 Å². The minimum Gasteiger partial charge on any atom is -0.478 e. The number of carbonyl (C=O) groups is 2. The van der Waals surface area contributed by atoms with Crippen LogP contribution in [0.5, 0.6) is 0 Å². The topological polar surface area (TPSA) is 103 Å². The van der Waals surface area contributed by atoms with E-state index in [2.05, 4.69) is 41.1 Å². The molecule has 0 atom stereocenters. The molecule has 0 bridgehead atoms. The Bertz CT molecular complexity index is 1120. The standard InChI is InChI=1S/C25H32FN3OS.C4H4O4/c1-28(25-27-24-7-3-2-6-21(24)19-31-25)23-12-15-29(16-13-23)14-4-5-17-30-18-20-8-10-22(26)11-9-20;5-3(6)1-2-4(7)8/h2-3,6-11,23H,4-5,12-19H2,1H3;1-2H,(H,5,6)(H,7,8)/b;2-1+. The van der Waals surface area contributed by atoms with E-state index in [-0.39, 0.29) is 5.82 Å². The van der Waals surface area contributed by atoms with Gasteiger partial charge < -0.3 is 24.7 Å². The summed E-state index contributed by atoms with van der Waals surface area (Å²) in [6.45, 7) is 4.76. The van der Waals surface area contributed by atoms with Crippen LogP contribution in [0.2, 0.25) is 0 Å². The number of carboxylic acids is 2.